The van der Waals surface area contributed by atoms with Gasteiger partial charge in [-0.1, -0.05) is 192 Å². The summed E-state index contributed by atoms with van der Waals surface area (Å²) in [5, 5.41) is 33.2. The third-order valence-electron chi connectivity index (χ3n) is 9.73. The highest BCUT2D eigenvalue weighted by Gasteiger charge is 2.20. The van der Waals surface area contributed by atoms with Gasteiger partial charge in [-0.2, -0.15) is 0 Å². The Morgan fingerprint density at radius 2 is 0.875 bits per heavy atom. The van der Waals surface area contributed by atoms with Crippen LogP contribution < -0.4 is 5.32 Å². The van der Waals surface area contributed by atoms with E-state index in [4.69, 9.17) is 0 Å². The zero-order chi connectivity index (χ0) is 35.2. The second-order valence-corrected chi connectivity index (χ2v) is 14.6. The second kappa shape index (κ2) is 38.6. The van der Waals surface area contributed by atoms with Gasteiger partial charge in [0.25, 0.3) is 0 Å². The molecule has 0 aromatic heterocycles. The van der Waals surface area contributed by atoms with Gasteiger partial charge in [-0.05, 0) is 44.9 Å². The molecule has 0 aliphatic rings. The van der Waals surface area contributed by atoms with Gasteiger partial charge in [-0.3, -0.25) is 4.79 Å². The number of aliphatic hydroxyl groups is 3. The molecule has 5 nitrogen and oxygen atoms in total. The van der Waals surface area contributed by atoms with Gasteiger partial charge < -0.3 is 20.6 Å². The first-order valence-corrected chi connectivity index (χ1v) is 21.1. The molecule has 48 heavy (non-hydrogen) atoms. The number of allylic oxidation sites excluding steroid dienone is 3. The largest absolute Gasteiger partial charge is 0.394 e. The van der Waals surface area contributed by atoms with E-state index in [-0.39, 0.29) is 18.9 Å². The van der Waals surface area contributed by atoms with Crippen LogP contribution in [0.1, 0.15) is 219 Å². The maximum absolute atomic E-state index is 12.4. The molecule has 0 saturated carbocycles. The first-order valence-electron chi connectivity index (χ1n) is 21.1. The van der Waals surface area contributed by atoms with Gasteiger partial charge in [0.2, 0.25) is 5.91 Å². The highest BCUT2D eigenvalue weighted by atomic mass is 16.3. The molecule has 0 aliphatic heterocycles. The number of aliphatic hydroxyl groups excluding tert-OH is 3. The Morgan fingerprint density at radius 3 is 1.27 bits per heavy atom. The Kier molecular flexibility index (Phi) is 37.7. The average molecular weight is 678 g/mol. The molecule has 0 radical (unpaired) electrons. The van der Waals surface area contributed by atoms with E-state index in [2.05, 4.69) is 31.3 Å². The Bertz CT molecular complexity index is 709. The number of carbonyl (C=O) groups is 1. The van der Waals surface area contributed by atoms with Gasteiger partial charge in [0.05, 0.1) is 31.3 Å². The van der Waals surface area contributed by atoms with E-state index in [0.717, 1.165) is 38.5 Å². The fraction of sp³-hybridized carbons (Fsp3) is 0.884. The number of amides is 1. The molecule has 0 saturated heterocycles. The minimum atomic E-state index is -0.928. The van der Waals surface area contributed by atoms with E-state index in [0.29, 0.717) is 6.42 Å². The lowest BCUT2D eigenvalue weighted by atomic mass is 10.0. The van der Waals surface area contributed by atoms with Gasteiger partial charge in [-0.25, -0.2) is 0 Å². The highest BCUT2D eigenvalue weighted by Crippen LogP contribution is 2.15. The first kappa shape index (κ1) is 46.8. The van der Waals surface area contributed by atoms with E-state index in [1.165, 1.54) is 154 Å². The molecule has 0 aromatic rings. The highest BCUT2D eigenvalue weighted by molar-refractivity contribution is 5.76. The molecule has 4 N–H and O–H groups in total. The van der Waals surface area contributed by atoms with Crippen LogP contribution >= 0.6 is 0 Å². The van der Waals surface area contributed by atoms with Gasteiger partial charge in [0.1, 0.15) is 0 Å². The van der Waals surface area contributed by atoms with E-state index < -0.39 is 18.2 Å². The Morgan fingerprint density at radius 1 is 0.521 bits per heavy atom. The van der Waals surface area contributed by atoms with Crippen molar-refractivity contribution in [1.29, 1.82) is 0 Å². The van der Waals surface area contributed by atoms with Crippen LogP contribution in [0.25, 0.3) is 0 Å². The van der Waals surface area contributed by atoms with Gasteiger partial charge in [0.15, 0.2) is 0 Å². The number of rotatable bonds is 38. The molecule has 284 valence electrons. The number of hydrogen-bond acceptors (Lipinski definition) is 4. The van der Waals surface area contributed by atoms with Crippen LogP contribution in [0.15, 0.2) is 24.3 Å². The van der Waals surface area contributed by atoms with Crippen LogP contribution in [-0.2, 0) is 4.79 Å². The summed E-state index contributed by atoms with van der Waals surface area (Å²) in [5.41, 5.74) is 0. The van der Waals surface area contributed by atoms with Crippen molar-refractivity contribution in [1.82, 2.24) is 5.32 Å². The Labute approximate surface area is 299 Å². The summed E-state index contributed by atoms with van der Waals surface area (Å²) in [7, 11) is 0. The third kappa shape index (κ3) is 34.7. The first-order chi connectivity index (χ1) is 23.5. The lowest BCUT2D eigenvalue weighted by Gasteiger charge is -2.21. The van der Waals surface area contributed by atoms with Crippen LogP contribution in [-0.4, -0.2) is 46.1 Å². The standard InChI is InChI=1S/C43H83NO4/c1-3-5-7-9-11-13-15-17-19-20-21-23-25-27-29-31-33-35-37-42(47)41(39-45)44-43(48)38-40(46)36-34-32-30-28-26-24-22-18-16-14-12-10-8-6-4-2/h18,22,35,37,40-42,45-47H,3-17,19-21,23-34,36,38-39H2,1-2H3,(H,44,48)/b22-18-,37-35+. The summed E-state index contributed by atoms with van der Waals surface area (Å²) in [6.45, 7) is 4.21. The molecule has 0 spiro atoms. The molecule has 0 bridgehead atoms. The normalized spacial score (nSPS) is 13.9. The molecular weight excluding hydrogens is 594 g/mol. The molecule has 0 aliphatic carbocycles. The van der Waals surface area contributed by atoms with E-state index in [1.54, 1.807) is 6.08 Å². The zero-order valence-electron chi connectivity index (χ0n) is 32.1. The van der Waals surface area contributed by atoms with E-state index in [9.17, 15) is 20.1 Å². The monoisotopic (exact) mass is 678 g/mol. The summed E-state index contributed by atoms with van der Waals surface area (Å²) in [5.74, 6) is -0.320. The Hall–Kier alpha value is -1.17. The lowest BCUT2D eigenvalue weighted by molar-refractivity contribution is -0.124. The molecule has 3 unspecified atom stereocenters. The quantitative estimate of drug-likeness (QED) is 0.0387. The number of nitrogens with one attached hydrogen (secondary N) is 1. The van der Waals surface area contributed by atoms with E-state index >= 15 is 0 Å². The number of carbonyl (C=O) groups excluding carboxylic acids is 1. The maximum atomic E-state index is 12.4. The lowest BCUT2D eigenvalue weighted by Crippen LogP contribution is -2.45. The third-order valence-corrected chi connectivity index (χ3v) is 9.73. The topological polar surface area (TPSA) is 89.8 Å². The van der Waals surface area contributed by atoms with Crippen LogP contribution in [0.4, 0.5) is 0 Å². The molecule has 0 heterocycles. The smallest absolute Gasteiger partial charge is 0.222 e. The van der Waals surface area contributed by atoms with Crippen molar-refractivity contribution in [3.05, 3.63) is 24.3 Å². The second-order valence-electron chi connectivity index (χ2n) is 14.6. The van der Waals surface area contributed by atoms with Crippen molar-refractivity contribution in [3.8, 4) is 0 Å². The van der Waals surface area contributed by atoms with Gasteiger partial charge in [-0.15, -0.1) is 0 Å². The molecule has 0 rings (SSSR count). The van der Waals surface area contributed by atoms with Crippen molar-refractivity contribution < 1.29 is 20.1 Å². The summed E-state index contributed by atoms with van der Waals surface area (Å²) in [6.07, 6.45) is 45.9. The number of unbranched alkanes of at least 4 members (excludes halogenated alkanes) is 27. The van der Waals surface area contributed by atoms with Crippen LogP contribution in [0, 0.1) is 0 Å². The predicted octanol–water partition coefficient (Wildman–Crippen LogP) is 11.8. The van der Waals surface area contributed by atoms with Crippen molar-refractivity contribution in [2.45, 2.75) is 238 Å². The van der Waals surface area contributed by atoms with Crippen molar-refractivity contribution in [2.24, 2.45) is 0 Å². The zero-order valence-corrected chi connectivity index (χ0v) is 32.1. The van der Waals surface area contributed by atoms with Gasteiger partial charge >= 0.3 is 0 Å². The summed E-state index contributed by atoms with van der Waals surface area (Å²) in [4.78, 5) is 12.4. The van der Waals surface area contributed by atoms with Crippen LogP contribution in [0.5, 0.6) is 0 Å². The summed E-state index contributed by atoms with van der Waals surface area (Å²) < 4.78 is 0. The average Bonchev–Trinajstić information content (AvgIpc) is 3.08. The molecule has 0 fully saturated rings. The fourth-order valence-electron chi connectivity index (χ4n) is 6.45. The van der Waals surface area contributed by atoms with Crippen molar-refractivity contribution in [3.63, 3.8) is 0 Å². The molecule has 0 aromatic carbocycles. The Balaban J connectivity index is 3.69. The number of hydrogen-bond donors (Lipinski definition) is 4. The summed E-state index contributed by atoms with van der Waals surface area (Å²) >= 11 is 0. The minimum Gasteiger partial charge on any atom is -0.394 e. The summed E-state index contributed by atoms with van der Waals surface area (Å²) in [6, 6.07) is -0.744. The molecule has 5 heteroatoms. The fourth-order valence-corrected chi connectivity index (χ4v) is 6.45. The predicted molar refractivity (Wildman–Crippen MR) is 208 cm³/mol. The van der Waals surface area contributed by atoms with Crippen molar-refractivity contribution >= 4 is 5.91 Å². The SMILES string of the molecule is CCCCCCCC/C=C\CCCCCCCC(O)CC(=O)NC(CO)C(O)/C=C/CCCCCCCCCCCCCCCCCC. The molecule has 1 amide bonds. The van der Waals surface area contributed by atoms with Crippen LogP contribution in [0.3, 0.4) is 0 Å². The van der Waals surface area contributed by atoms with Gasteiger partial charge in [0, 0.05) is 0 Å². The molecule has 3 atom stereocenters. The molecular formula is C43H83NO4. The van der Waals surface area contributed by atoms with Crippen LogP contribution in [0.2, 0.25) is 0 Å². The maximum Gasteiger partial charge on any atom is 0.222 e. The minimum absolute atomic E-state index is 0.00945. The van der Waals surface area contributed by atoms with Crippen molar-refractivity contribution in [2.75, 3.05) is 6.61 Å². The van der Waals surface area contributed by atoms with E-state index in [1.807, 2.05) is 6.08 Å².